The number of aliphatic hydroxyl groups is 2. The van der Waals surface area contributed by atoms with Crippen LogP contribution in [0.4, 0.5) is 0 Å². The van der Waals surface area contributed by atoms with E-state index in [-0.39, 0.29) is 25.1 Å². The summed E-state index contributed by atoms with van der Waals surface area (Å²) < 4.78 is 0. The van der Waals surface area contributed by atoms with Gasteiger partial charge in [0.1, 0.15) is 0 Å². The fourth-order valence-electron chi connectivity index (χ4n) is 1.05. The third-order valence-corrected chi connectivity index (χ3v) is 1.58. The summed E-state index contributed by atoms with van der Waals surface area (Å²) in [7, 11) is 0. The van der Waals surface area contributed by atoms with Gasteiger partial charge < -0.3 is 15.9 Å². The molecule has 1 aliphatic rings. The van der Waals surface area contributed by atoms with E-state index in [2.05, 4.69) is 0 Å². The highest BCUT2D eigenvalue weighted by atomic mass is 35.5. The molecule has 0 unspecified atom stereocenters. The van der Waals surface area contributed by atoms with Crippen molar-refractivity contribution in [2.24, 2.45) is 5.73 Å². The third-order valence-electron chi connectivity index (χ3n) is 1.58. The lowest BCUT2D eigenvalue weighted by Gasteiger charge is -2.39. The van der Waals surface area contributed by atoms with Gasteiger partial charge in [-0.25, -0.2) is 0 Å². The average molecular weight is 154 g/mol. The van der Waals surface area contributed by atoms with E-state index in [1.54, 1.807) is 0 Å². The maximum Gasteiger partial charge on any atom is 0.0906 e. The van der Waals surface area contributed by atoms with Crippen LogP contribution < -0.4 is 5.73 Å². The first-order valence-electron chi connectivity index (χ1n) is 2.75. The van der Waals surface area contributed by atoms with Crippen molar-refractivity contribution in [2.45, 2.75) is 24.5 Å². The predicted octanol–water partition coefficient (Wildman–Crippen LogP) is -0.747. The molecule has 1 fully saturated rings. The van der Waals surface area contributed by atoms with Gasteiger partial charge in [-0.1, -0.05) is 0 Å². The lowest BCUT2D eigenvalue weighted by atomic mass is 9.77. The lowest BCUT2D eigenvalue weighted by Crippen LogP contribution is -2.53. The fourth-order valence-corrected chi connectivity index (χ4v) is 1.05. The Morgan fingerprint density at radius 3 is 2.11 bits per heavy atom. The Kier molecular flexibility index (Phi) is 2.89. The van der Waals surface area contributed by atoms with Gasteiger partial charge in [-0.3, -0.25) is 0 Å². The number of halogens is 1. The van der Waals surface area contributed by atoms with Gasteiger partial charge in [0.15, 0.2) is 0 Å². The molecule has 0 aliphatic heterocycles. The Morgan fingerprint density at radius 1 is 1.56 bits per heavy atom. The molecule has 1 aliphatic carbocycles. The lowest BCUT2D eigenvalue weighted by molar-refractivity contribution is -0.0843. The molecule has 1 saturated carbocycles. The zero-order valence-corrected chi connectivity index (χ0v) is 5.90. The Hall–Kier alpha value is 0.170. The maximum absolute atomic E-state index is 9.06. The van der Waals surface area contributed by atoms with Gasteiger partial charge in [0.2, 0.25) is 0 Å². The second-order valence-electron chi connectivity index (χ2n) is 2.55. The van der Waals surface area contributed by atoms with Gasteiger partial charge in [0.05, 0.1) is 12.2 Å². The van der Waals surface area contributed by atoms with E-state index in [1.807, 2.05) is 0 Å². The summed E-state index contributed by atoms with van der Waals surface area (Å²) in [4.78, 5) is 0. The molecular formula is C5H12ClNO2. The Labute approximate surface area is 60.3 Å². The summed E-state index contributed by atoms with van der Waals surface area (Å²) in [5, 5.41) is 17.5. The van der Waals surface area contributed by atoms with Crippen molar-refractivity contribution in [3.05, 3.63) is 0 Å². The van der Waals surface area contributed by atoms with Crippen LogP contribution in [0.2, 0.25) is 0 Å². The number of hydrogen-bond donors (Lipinski definition) is 3. The summed E-state index contributed by atoms with van der Waals surface area (Å²) >= 11 is 0. The zero-order chi connectivity index (χ0) is 6.20. The van der Waals surface area contributed by atoms with Crippen LogP contribution in [0.1, 0.15) is 12.8 Å². The highest BCUT2D eigenvalue weighted by Gasteiger charge is 2.39. The molecule has 0 aromatic rings. The Bertz CT molecular complexity index is 93.0. The maximum atomic E-state index is 9.06. The fraction of sp³-hybridized carbons (Fsp3) is 1.00. The van der Waals surface area contributed by atoms with E-state index in [0.717, 1.165) is 0 Å². The van der Waals surface area contributed by atoms with Gasteiger partial charge in [-0.2, -0.15) is 0 Å². The molecular weight excluding hydrogens is 142 g/mol. The van der Waals surface area contributed by atoms with Gasteiger partial charge in [-0.05, 0) is 12.8 Å². The van der Waals surface area contributed by atoms with Crippen molar-refractivity contribution in [1.29, 1.82) is 0 Å². The quantitative estimate of drug-likeness (QED) is 0.465. The Morgan fingerprint density at radius 2 is 2.00 bits per heavy atom. The molecule has 0 atom stereocenters. The molecule has 0 radical (unpaired) electrons. The molecule has 0 spiro atoms. The van der Waals surface area contributed by atoms with Crippen molar-refractivity contribution < 1.29 is 10.2 Å². The van der Waals surface area contributed by atoms with E-state index in [4.69, 9.17) is 15.9 Å². The molecule has 0 heterocycles. The summed E-state index contributed by atoms with van der Waals surface area (Å²) in [5.41, 5.74) is 4.52. The molecule has 0 amide bonds. The second-order valence-corrected chi connectivity index (χ2v) is 2.55. The van der Waals surface area contributed by atoms with Crippen LogP contribution in [0.15, 0.2) is 0 Å². The third kappa shape index (κ3) is 1.79. The van der Waals surface area contributed by atoms with E-state index < -0.39 is 5.60 Å². The standard InChI is InChI=1S/C5H11NO2.ClH/c6-4-1-5(8,2-4)3-7;/h4,7-8H,1-3,6H2;1H/t4-,5-;. The smallest absolute Gasteiger partial charge is 0.0906 e. The average Bonchev–Trinajstić information content (AvgIpc) is 1.63. The monoisotopic (exact) mass is 153 g/mol. The first kappa shape index (κ1) is 9.17. The van der Waals surface area contributed by atoms with Crippen LogP contribution in [0.25, 0.3) is 0 Å². The van der Waals surface area contributed by atoms with E-state index in [9.17, 15) is 0 Å². The molecule has 4 N–H and O–H groups in total. The first-order valence-corrected chi connectivity index (χ1v) is 2.75. The molecule has 3 nitrogen and oxygen atoms in total. The summed E-state index contributed by atoms with van der Waals surface area (Å²) in [6.45, 7) is -0.152. The highest BCUT2D eigenvalue weighted by Crippen LogP contribution is 2.29. The van der Waals surface area contributed by atoms with Crippen LogP contribution >= 0.6 is 12.4 Å². The van der Waals surface area contributed by atoms with Crippen LogP contribution in [0.3, 0.4) is 0 Å². The molecule has 56 valence electrons. The first-order chi connectivity index (χ1) is 3.66. The normalized spacial score (nSPS) is 41.0. The second kappa shape index (κ2) is 2.84. The molecule has 0 bridgehead atoms. The number of aliphatic hydroxyl groups excluding tert-OH is 1. The topological polar surface area (TPSA) is 66.5 Å². The zero-order valence-electron chi connectivity index (χ0n) is 5.08. The number of hydrogen-bond acceptors (Lipinski definition) is 3. The van der Waals surface area contributed by atoms with Crippen molar-refractivity contribution in [2.75, 3.05) is 6.61 Å². The predicted molar refractivity (Wildman–Crippen MR) is 36.5 cm³/mol. The van der Waals surface area contributed by atoms with Gasteiger partial charge in [0.25, 0.3) is 0 Å². The van der Waals surface area contributed by atoms with E-state index >= 15 is 0 Å². The molecule has 0 aromatic carbocycles. The highest BCUT2D eigenvalue weighted by molar-refractivity contribution is 5.85. The van der Waals surface area contributed by atoms with Crippen molar-refractivity contribution in [1.82, 2.24) is 0 Å². The minimum atomic E-state index is -0.834. The molecule has 4 heteroatoms. The minimum absolute atomic E-state index is 0. The van der Waals surface area contributed by atoms with Gasteiger partial charge in [-0.15, -0.1) is 12.4 Å². The van der Waals surface area contributed by atoms with Crippen LogP contribution in [0, 0.1) is 0 Å². The van der Waals surface area contributed by atoms with E-state index in [0.29, 0.717) is 12.8 Å². The summed E-state index contributed by atoms with van der Waals surface area (Å²) in [6, 6.07) is 0.104. The van der Waals surface area contributed by atoms with Crippen molar-refractivity contribution >= 4 is 12.4 Å². The number of rotatable bonds is 1. The molecule has 9 heavy (non-hydrogen) atoms. The van der Waals surface area contributed by atoms with Crippen molar-refractivity contribution in [3.8, 4) is 0 Å². The van der Waals surface area contributed by atoms with Crippen molar-refractivity contribution in [3.63, 3.8) is 0 Å². The molecule has 0 aromatic heterocycles. The largest absolute Gasteiger partial charge is 0.393 e. The van der Waals surface area contributed by atoms with Crippen LogP contribution in [0.5, 0.6) is 0 Å². The minimum Gasteiger partial charge on any atom is -0.393 e. The summed E-state index contributed by atoms with van der Waals surface area (Å²) in [5.74, 6) is 0. The van der Waals surface area contributed by atoms with Crippen LogP contribution in [-0.2, 0) is 0 Å². The Balaban J connectivity index is 0.000000640. The summed E-state index contributed by atoms with van der Waals surface area (Å²) in [6.07, 6.45) is 1.09. The van der Waals surface area contributed by atoms with E-state index in [1.165, 1.54) is 0 Å². The molecule has 0 saturated heterocycles. The number of nitrogens with two attached hydrogens (primary N) is 1. The van der Waals surface area contributed by atoms with Gasteiger partial charge in [0, 0.05) is 6.04 Å². The molecule has 1 rings (SSSR count). The SMILES string of the molecule is Cl.N[C@H]1C[C@@](O)(CO)C1. The van der Waals surface area contributed by atoms with Crippen LogP contribution in [-0.4, -0.2) is 28.5 Å². The van der Waals surface area contributed by atoms with Gasteiger partial charge >= 0.3 is 0 Å².